The number of hydrogen-bond donors (Lipinski definition) is 3. The number of rotatable bonds is 16. The zero-order valence-electron chi connectivity index (χ0n) is 16.2. The first-order valence-electron chi connectivity index (χ1n) is 10.5. The molecule has 0 amide bonds. The minimum Gasteiger partial charge on any atom is -0.481 e. The van der Waals surface area contributed by atoms with Gasteiger partial charge >= 0.3 is 5.97 Å². The molecule has 1 aliphatic rings. The van der Waals surface area contributed by atoms with Gasteiger partial charge in [0.15, 0.2) is 0 Å². The Morgan fingerprint density at radius 2 is 1.81 bits per heavy atom. The Morgan fingerprint density at radius 1 is 1.08 bits per heavy atom. The fraction of sp³-hybridized carbons (Fsp3) is 0.773. The number of carboxylic acids is 1. The highest BCUT2D eigenvalue weighted by Crippen LogP contribution is 2.28. The Hall–Kier alpha value is -1.13. The summed E-state index contributed by atoms with van der Waals surface area (Å²) >= 11 is 0. The van der Waals surface area contributed by atoms with E-state index in [2.05, 4.69) is 12.2 Å². The number of aliphatic hydroxyl groups is 2. The summed E-state index contributed by atoms with van der Waals surface area (Å²) in [6.07, 6.45) is 20.3. The van der Waals surface area contributed by atoms with Crippen LogP contribution in [0.15, 0.2) is 23.8 Å². The van der Waals surface area contributed by atoms with E-state index < -0.39 is 5.97 Å². The molecule has 26 heavy (non-hydrogen) atoms. The molecular formula is C22H38O4. The van der Waals surface area contributed by atoms with Crippen molar-refractivity contribution in [3.8, 4) is 0 Å². The molecule has 2 atom stereocenters. The summed E-state index contributed by atoms with van der Waals surface area (Å²) in [5.41, 5.74) is 1.23. The first kappa shape index (κ1) is 22.9. The van der Waals surface area contributed by atoms with Gasteiger partial charge in [0.25, 0.3) is 0 Å². The summed E-state index contributed by atoms with van der Waals surface area (Å²) in [7, 11) is 0. The van der Waals surface area contributed by atoms with Crippen LogP contribution in [0.2, 0.25) is 0 Å². The van der Waals surface area contributed by atoms with E-state index in [1.54, 1.807) is 0 Å². The van der Waals surface area contributed by atoms with Crippen LogP contribution in [0.5, 0.6) is 0 Å². The van der Waals surface area contributed by atoms with Crippen molar-refractivity contribution in [2.45, 2.75) is 83.5 Å². The second-order valence-electron chi connectivity index (χ2n) is 7.59. The Bertz CT molecular complexity index is 428. The van der Waals surface area contributed by atoms with E-state index in [1.165, 1.54) is 56.9 Å². The summed E-state index contributed by atoms with van der Waals surface area (Å²) in [6, 6.07) is 0. The monoisotopic (exact) mass is 366 g/mol. The molecule has 4 nitrogen and oxygen atoms in total. The fourth-order valence-corrected chi connectivity index (χ4v) is 3.66. The lowest BCUT2D eigenvalue weighted by atomic mass is 9.99. The molecular weight excluding hydrogens is 328 g/mol. The summed E-state index contributed by atoms with van der Waals surface area (Å²) in [4.78, 5) is 11.1. The number of unbranched alkanes of at least 4 members (excludes halogenated alkanes) is 6. The van der Waals surface area contributed by atoms with E-state index in [-0.39, 0.29) is 19.1 Å². The van der Waals surface area contributed by atoms with Gasteiger partial charge in [-0.3, -0.25) is 4.79 Å². The third kappa shape index (κ3) is 10.8. The summed E-state index contributed by atoms with van der Waals surface area (Å²) in [5, 5.41) is 27.0. The Kier molecular flexibility index (Phi) is 13.2. The highest BCUT2D eigenvalue weighted by atomic mass is 16.4. The average Bonchev–Trinajstić information content (AvgIpc) is 3.09. The van der Waals surface area contributed by atoms with Crippen molar-refractivity contribution in [2.24, 2.45) is 11.8 Å². The zero-order chi connectivity index (χ0) is 19.0. The number of hydrogen-bond acceptors (Lipinski definition) is 3. The van der Waals surface area contributed by atoms with E-state index in [0.29, 0.717) is 25.2 Å². The average molecular weight is 367 g/mol. The Balaban J connectivity index is 1.92. The molecule has 0 aromatic rings. The van der Waals surface area contributed by atoms with Gasteiger partial charge in [-0.05, 0) is 62.9 Å². The van der Waals surface area contributed by atoms with Gasteiger partial charge in [0, 0.05) is 6.61 Å². The van der Waals surface area contributed by atoms with E-state index in [0.717, 1.165) is 12.8 Å². The molecule has 2 unspecified atom stereocenters. The largest absolute Gasteiger partial charge is 0.481 e. The molecule has 3 N–H and O–H groups in total. The third-order valence-corrected chi connectivity index (χ3v) is 5.35. The van der Waals surface area contributed by atoms with Crippen LogP contribution in [0.3, 0.4) is 0 Å². The summed E-state index contributed by atoms with van der Waals surface area (Å²) < 4.78 is 0. The topological polar surface area (TPSA) is 77.8 Å². The normalized spacial score (nSPS) is 18.4. The van der Waals surface area contributed by atoms with Crippen LogP contribution in [0.1, 0.15) is 83.5 Å². The van der Waals surface area contributed by atoms with Gasteiger partial charge in [0.05, 0.1) is 12.5 Å². The van der Waals surface area contributed by atoms with Gasteiger partial charge in [-0.25, -0.2) is 0 Å². The SMILES string of the molecule is O=C(O)C(CC=CCCCCCCCCC1C=C(CO)CC1)CCCO. The van der Waals surface area contributed by atoms with E-state index >= 15 is 0 Å². The van der Waals surface area contributed by atoms with Gasteiger partial charge in [0.2, 0.25) is 0 Å². The lowest BCUT2D eigenvalue weighted by Crippen LogP contribution is -2.13. The molecule has 1 aliphatic carbocycles. The maximum absolute atomic E-state index is 11.1. The molecule has 4 heteroatoms. The number of carbonyl (C=O) groups is 1. The molecule has 150 valence electrons. The van der Waals surface area contributed by atoms with Crippen molar-refractivity contribution in [1.29, 1.82) is 0 Å². The van der Waals surface area contributed by atoms with Crippen LogP contribution in [0.25, 0.3) is 0 Å². The van der Waals surface area contributed by atoms with Crippen LogP contribution in [-0.4, -0.2) is 34.5 Å². The molecule has 0 aromatic carbocycles. The maximum atomic E-state index is 11.1. The number of allylic oxidation sites excluding steroid dienone is 3. The molecule has 0 saturated heterocycles. The molecule has 0 aliphatic heterocycles. The minimum absolute atomic E-state index is 0.0640. The zero-order valence-corrected chi connectivity index (χ0v) is 16.2. The third-order valence-electron chi connectivity index (χ3n) is 5.35. The molecule has 0 heterocycles. The summed E-state index contributed by atoms with van der Waals surface area (Å²) in [6.45, 7) is 0.305. The molecule has 0 radical (unpaired) electrons. The van der Waals surface area contributed by atoms with Crippen molar-refractivity contribution in [2.75, 3.05) is 13.2 Å². The molecule has 0 spiro atoms. The van der Waals surface area contributed by atoms with Crippen molar-refractivity contribution in [1.82, 2.24) is 0 Å². The van der Waals surface area contributed by atoms with Gasteiger partial charge in [0.1, 0.15) is 0 Å². The molecule has 0 saturated carbocycles. The molecule has 0 bridgehead atoms. The van der Waals surface area contributed by atoms with Crippen LogP contribution in [0.4, 0.5) is 0 Å². The Morgan fingerprint density at radius 3 is 2.46 bits per heavy atom. The van der Waals surface area contributed by atoms with Crippen molar-refractivity contribution < 1.29 is 20.1 Å². The minimum atomic E-state index is -0.760. The lowest BCUT2D eigenvalue weighted by molar-refractivity contribution is -0.141. The van der Waals surface area contributed by atoms with Crippen LogP contribution in [0, 0.1) is 11.8 Å². The van der Waals surface area contributed by atoms with Crippen LogP contribution in [-0.2, 0) is 4.79 Å². The van der Waals surface area contributed by atoms with E-state index in [4.69, 9.17) is 15.3 Å². The predicted molar refractivity (Wildman–Crippen MR) is 106 cm³/mol. The first-order chi connectivity index (χ1) is 12.7. The molecule has 0 fully saturated rings. The van der Waals surface area contributed by atoms with Gasteiger partial charge < -0.3 is 15.3 Å². The van der Waals surface area contributed by atoms with E-state index in [1.807, 2.05) is 6.08 Å². The maximum Gasteiger partial charge on any atom is 0.306 e. The molecule has 1 rings (SSSR count). The highest BCUT2D eigenvalue weighted by molar-refractivity contribution is 5.70. The Labute approximate surface area is 159 Å². The van der Waals surface area contributed by atoms with Crippen molar-refractivity contribution in [3.63, 3.8) is 0 Å². The predicted octanol–water partition coefficient (Wildman–Crippen LogP) is 4.86. The van der Waals surface area contributed by atoms with E-state index in [9.17, 15) is 4.79 Å². The van der Waals surface area contributed by atoms with Gasteiger partial charge in [-0.1, -0.05) is 50.3 Å². The standard InChI is InChI=1S/C22H38O4/c23-16-10-13-21(22(25)26)12-9-7-5-3-1-2-4-6-8-11-19-14-15-20(17-19)18-24/h7,9,17,19,21,23-24H,1-6,8,10-16,18H2,(H,25,26). The lowest BCUT2D eigenvalue weighted by Gasteiger charge is -2.08. The summed E-state index contributed by atoms with van der Waals surface area (Å²) in [5.74, 6) is -0.417. The fourth-order valence-electron chi connectivity index (χ4n) is 3.66. The smallest absolute Gasteiger partial charge is 0.306 e. The number of aliphatic carboxylic acids is 1. The van der Waals surface area contributed by atoms with Crippen molar-refractivity contribution in [3.05, 3.63) is 23.8 Å². The quantitative estimate of drug-likeness (QED) is 0.269. The van der Waals surface area contributed by atoms with Gasteiger partial charge in [-0.2, -0.15) is 0 Å². The number of carboxylic acid groups (broad SMARTS) is 1. The first-order valence-corrected chi connectivity index (χ1v) is 10.5. The van der Waals surface area contributed by atoms with Crippen molar-refractivity contribution >= 4 is 5.97 Å². The second-order valence-corrected chi connectivity index (χ2v) is 7.59. The highest BCUT2D eigenvalue weighted by Gasteiger charge is 2.15. The number of aliphatic hydroxyl groups excluding tert-OH is 2. The second kappa shape index (κ2) is 15.0. The van der Waals surface area contributed by atoms with Crippen LogP contribution >= 0.6 is 0 Å². The molecule has 0 aromatic heterocycles. The van der Waals surface area contributed by atoms with Gasteiger partial charge in [-0.15, -0.1) is 0 Å². The van der Waals surface area contributed by atoms with Crippen LogP contribution < -0.4 is 0 Å².